The molecule has 138 valence electrons. The largest absolute Gasteiger partial charge is 0.486 e. The Labute approximate surface area is 148 Å². The van der Waals surface area contributed by atoms with Crippen LogP contribution in [0.3, 0.4) is 0 Å². The van der Waals surface area contributed by atoms with Crippen LogP contribution in [-0.2, 0) is 35.2 Å². The van der Waals surface area contributed by atoms with Crippen molar-refractivity contribution in [2.24, 2.45) is 0 Å². The number of nitrogens with one attached hydrogen (secondary N) is 1. The van der Waals surface area contributed by atoms with E-state index in [9.17, 15) is 19.2 Å². The van der Waals surface area contributed by atoms with Crippen molar-refractivity contribution in [3.63, 3.8) is 0 Å². The molecule has 0 radical (unpaired) electrons. The van der Waals surface area contributed by atoms with Crippen LogP contribution in [-0.4, -0.2) is 48.2 Å². The Morgan fingerprint density at radius 1 is 1.23 bits per heavy atom. The second-order valence-corrected chi connectivity index (χ2v) is 5.33. The number of hydrogen-bond acceptors (Lipinski definition) is 7. The second kappa shape index (κ2) is 9.21. The zero-order chi connectivity index (χ0) is 18.9. The number of rotatable bonds is 9. The number of amides is 1. The number of hydrogen-bond donors (Lipinski definition) is 2. The van der Waals surface area contributed by atoms with Gasteiger partial charge in [0, 0.05) is 0 Å². The van der Waals surface area contributed by atoms with Crippen LogP contribution in [0.1, 0.15) is 12.0 Å². The van der Waals surface area contributed by atoms with Gasteiger partial charge in [-0.05, 0) is 5.56 Å². The summed E-state index contributed by atoms with van der Waals surface area (Å²) >= 11 is 0. The maximum atomic E-state index is 12.1. The monoisotopic (exact) mass is 363 g/mol. The first kappa shape index (κ1) is 19.0. The minimum atomic E-state index is -1.32. The molecule has 1 aliphatic heterocycles. The van der Waals surface area contributed by atoms with Gasteiger partial charge in [0.2, 0.25) is 0 Å². The molecule has 9 nitrogen and oxygen atoms in total. The number of benzene rings is 1. The van der Waals surface area contributed by atoms with Gasteiger partial charge >= 0.3 is 18.0 Å². The first-order chi connectivity index (χ1) is 12.4. The van der Waals surface area contributed by atoms with Gasteiger partial charge < -0.3 is 24.6 Å². The van der Waals surface area contributed by atoms with E-state index in [1.165, 1.54) is 0 Å². The molecule has 26 heavy (non-hydrogen) atoms. The first-order valence-corrected chi connectivity index (χ1v) is 7.66. The van der Waals surface area contributed by atoms with Crippen LogP contribution in [0.5, 0.6) is 0 Å². The number of aliphatic carboxylic acids is 1. The van der Waals surface area contributed by atoms with Crippen LogP contribution in [0.25, 0.3) is 0 Å². The zero-order valence-electron chi connectivity index (χ0n) is 13.7. The quantitative estimate of drug-likeness (QED) is 0.616. The molecule has 0 saturated carbocycles. The van der Waals surface area contributed by atoms with E-state index in [1.807, 2.05) is 6.07 Å². The molecule has 0 unspecified atom stereocenters. The predicted molar refractivity (Wildman–Crippen MR) is 85.8 cm³/mol. The van der Waals surface area contributed by atoms with E-state index in [2.05, 4.69) is 10.1 Å². The Kier molecular flexibility index (Phi) is 6.72. The van der Waals surface area contributed by atoms with Crippen LogP contribution in [0, 0.1) is 0 Å². The molecule has 0 fully saturated rings. The van der Waals surface area contributed by atoms with E-state index >= 15 is 0 Å². The number of carboxylic acid groups (broad SMARTS) is 1. The van der Waals surface area contributed by atoms with Gasteiger partial charge in [-0.1, -0.05) is 30.3 Å². The van der Waals surface area contributed by atoms with Crippen molar-refractivity contribution < 1.29 is 38.5 Å². The molecule has 0 aliphatic carbocycles. The number of carbonyl (C=O) groups is 4. The average molecular weight is 363 g/mol. The molecule has 0 spiro atoms. The summed E-state index contributed by atoms with van der Waals surface area (Å²) in [6, 6.07) is 7.53. The highest BCUT2D eigenvalue weighted by atomic mass is 16.6. The maximum Gasteiger partial charge on any atom is 0.408 e. The second-order valence-electron chi connectivity index (χ2n) is 5.33. The Hall–Kier alpha value is -3.36. The minimum Gasteiger partial charge on any atom is -0.486 e. The van der Waals surface area contributed by atoms with Crippen molar-refractivity contribution >= 4 is 23.8 Å². The predicted octanol–water partition coefficient (Wildman–Crippen LogP) is 0.782. The van der Waals surface area contributed by atoms with E-state index in [1.54, 1.807) is 24.3 Å². The number of ketones is 1. The summed E-state index contributed by atoms with van der Waals surface area (Å²) in [6.07, 6.45) is -0.468. The topological polar surface area (TPSA) is 128 Å². The number of Topliss-reactive ketones (excluding diaryl/α,β-unsaturated/α-hetero) is 1. The highest BCUT2D eigenvalue weighted by Crippen LogP contribution is 2.08. The van der Waals surface area contributed by atoms with Crippen molar-refractivity contribution in [3.8, 4) is 0 Å². The molecule has 1 aromatic rings. The van der Waals surface area contributed by atoms with Crippen LogP contribution in [0.2, 0.25) is 0 Å². The van der Waals surface area contributed by atoms with E-state index in [0.717, 1.165) is 11.6 Å². The van der Waals surface area contributed by atoms with E-state index in [4.69, 9.17) is 14.6 Å². The summed E-state index contributed by atoms with van der Waals surface area (Å²) in [5.74, 6) is -2.38. The highest BCUT2D eigenvalue weighted by molar-refractivity contribution is 5.91. The van der Waals surface area contributed by atoms with Gasteiger partial charge in [-0.15, -0.1) is 0 Å². The lowest BCUT2D eigenvalue weighted by Crippen LogP contribution is -2.44. The molecule has 1 aromatic carbocycles. The summed E-state index contributed by atoms with van der Waals surface area (Å²) in [4.78, 5) is 45.8. The average Bonchev–Trinajstić information content (AvgIpc) is 3.03. The molecule has 0 aromatic heterocycles. The first-order valence-electron chi connectivity index (χ1n) is 7.66. The van der Waals surface area contributed by atoms with E-state index in [0.29, 0.717) is 0 Å². The van der Waals surface area contributed by atoms with Gasteiger partial charge in [-0.2, -0.15) is 0 Å². The van der Waals surface area contributed by atoms with Gasteiger partial charge in [0.05, 0.1) is 12.5 Å². The molecular weight excluding hydrogens is 346 g/mol. The van der Waals surface area contributed by atoms with Gasteiger partial charge in [0.15, 0.2) is 5.78 Å². The summed E-state index contributed by atoms with van der Waals surface area (Å²) in [5, 5.41) is 11.1. The third-order valence-electron chi connectivity index (χ3n) is 3.31. The van der Waals surface area contributed by atoms with Gasteiger partial charge in [0.1, 0.15) is 31.6 Å². The fourth-order valence-electron chi connectivity index (χ4n) is 2.03. The SMILES string of the molecule is O=C(O)C[C@H](NC(=O)OCc1ccccc1)C(=O)COC1=CC(=O)OC1. The fourth-order valence-corrected chi connectivity index (χ4v) is 2.03. The summed E-state index contributed by atoms with van der Waals surface area (Å²) in [5.41, 5.74) is 0.741. The minimum absolute atomic E-state index is 0.0243. The molecule has 2 rings (SSSR count). The van der Waals surface area contributed by atoms with Crippen LogP contribution in [0.4, 0.5) is 4.79 Å². The zero-order valence-corrected chi connectivity index (χ0v) is 13.7. The number of alkyl carbamates (subject to hydrolysis) is 1. The highest BCUT2D eigenvalue weighted by Gasteiger charge is 2.26. The van der Waals surface area contributed by atoms with Crippen LogP contribution >= 0.6 is 0 Å². The maximum absolute atomic E-state index is 12.1. The number of carbonyl (C=O) groups excluding carboxylic acids is 3. The van der Waals surface area contributed by atoms with E-state index < -0.39 is 42.9 Å². The Morgan fingerprint density at radius 2 is 1.96 bits per heavy atom. The number of cyclic esters (lactones) is 1. The summed E-state index contributed by atoms with van der Waals surface area (Å²) in [6.45, 7) is -0.634. The summed E-state index contributed by atoms with van der Waals surface area (Å²) in [7, 11) is 0. The number of carboxylic acids is 1. The van der Waals surface area contributed by atoms with Crippen molar-refractivity contribution in [3.05, 3.63) is 47.7 Å². The van der Waals surface area contributed by atoms with Gasteiger partial charge in [0.25, 0.3) is 0 Å². The third kappa shape index (κ3) is 6.27. The molecule has 1 atom stereocenters. The Balaban J connectivity index is 1.85. The molecule has 2 N–H and O–H groups in total. The summed E-state index contributed by atoms with van der Waals surface area (Å²) < 4.78 is 14.7. The number of ether oxygens (including phenoxy) is 3. The van der Waals surface area contributed by atoms with E-state index in [-0.39, 0.29) is 19.0 Å². The molecule has 9 heteroatoms. The Morgan fingerprint density at radius 3 is 2.58 bits per heavy atom. The molecule has 1 heterocycles. The number of esters is 1. The van der Waals surface area contributed by atoms with Gasteiger partial charge in [-0.3, -0.25) is 9.59 Å². The van der Waals surface area contributed by atoms with Crippen LogP contribution < -0.4 is 5.32 Å². The smallest absolute Gasteiger partial charge is 0.408 e. The van der Waals surface area contributed by atoms with Crippen molar-refractivity contribution in [2.75, 3.05) is 13.2 Å². The lowest BCUT2D eigenvalue weighted by atomic mass is 10.1. The van der Waals surface area contributed by atoms with Gasteiger partial charge in [-0.25, -0.2) is 9.59 Å². The fraction of sp³-hybridized carbons (Fsp3) is 0.294. The standard InChI is InChI=1S/C17H17NO8/c19-14(10-24-12-6-16(22)25-9-12)13(7-15(20)21)18-17(23)26-8-11-4-2-1-3-5-11/h1-6,13H,7-10H2,(H,18,23)(H,20,21)/t13-/m0/s1. The molecule has 0 saturated heterocycles. The lowest BCUT2D eigenvalue weighted by molar-refractivity contribution is -0.140. The lowest BCUT2D eigenvalue weighted by Gasteiger charge is -2.16. The Bertz CT molecular complexity index is 713. The molecule has 1 aliphatic rings. The third-order valence-corrected chi connectivity index (χ3v) is 3.31. The molecule has 1 amide bonds. The van der Waals surface area contributed by atoms with Crippen LogP contribution in [0.15, 0.2) is 42.2 Å². The molecular formula is C17H17NO8. The normalized spacial score (nSPS) is 14.0. The van der Waals surface area contributed by atoms with Crippen molar-refractivity contribution in [2.45, 2.75) is 19.1 Å². The van der Waals surface area contributed by atoms with Crippen molar-refractivity contribution in [1.29, 1.82) is 0 Å². The van der Waals surface area contributed by atoms with Crippen molar-refractivity contribution in [1.82, 2.24) is 5.32 Å². The molecule has 0 bridgehead atoms.